The number of hydrogen-bond acceptors (Lipinski definition) is 9. The number of H-pyrrole nitrogens is 1. The minimum atomic E-state index is -3.19. The molecule has 63 heavy (non-hydrogen) atoms. The minimum absolute atomic E-state index is 0.0578. The second kappa shape index (κ2) is 18.0. The number of nitrogens with one attached hydrogen (secondary N) is 3. The van der Waals surface area contributed by atoms with E-state index in [0.29, 0.717) is 46.9 Å². The molecule has 3 aromatic carbocycles. The number of carbonyl (C=O) groups excluding carboxylic acids is 2. The third-order valence-corrected chi connectivity index (χ3v) is 11.6. The zero-order valence-electron chi connectivity index (χ0n) is 34.7. The summed E-state index contributed by atoms with van der Waals surface area (Å²) in [6.07, 6.45) is 10.5. The number of rotatable bonds is 10. The Bertz CT molecular complexity index is 2820. The molecule has 4 aromatic heterocycles. The summed E-state index contributed by atoms with van der Waals surface area (Å²) in [5, 5.41) is 17.8. The normalized spacial score (nSPS) is 14.4. The lowest BCUT2D eigenvalue weighted by Crippen LogP contribution is -2.39. The van der Waals surface area contributed by atoms with E-state index in [9.17, 15) is 27.6 Å². The number of pyridine rings is 2. The first kappa shape index (κ1) is 42.5. The first-order chi connectivity index (χ1) is 30.3. The lowest BCUT2D eigenvalue weighted by molar-refractivity contribution is 0.00753. The van der Waals surface area contributed by atoms with Gasteiger partial charge in [0.25, 0.3) is 17.4 Å². The van der Waals surface area contributed by atoms with E-state index in [1.54, 1.807) is 61.1 Å². The predicted octanol–water partition coefficient (Wildman–Crippen LogP) is 8.18. The molecule has 322 valence electrons. The van der Waals surface area contributed by atoms with Crippen LogP contribution in [0.3, 0.4) is 0 Å². The van der Waals surface area contributed by atoms with Gasteiger partial charge in [0.1, 0.15) is 17.5 Å². The number of aromatic amines is 1. The molecule has 13 nitrogen and oxygen atoms in total. The molecule has 2 amide bonds. The molecule has 1 aliphatic carbocycles. The molecule has 0 atom stereocenters. The summed E-state index contributed by atoms with van der Waals surface area (Å²) in [4.78, 5) is 51.6. The summed E-state index contributed by atoms with van der Waals surface area (Å²) >= 11 is 0. The van der Waals surface area contributed by atoms with Crippen molar-refractivity contribution < 1.29 is 22.8 Å². The smallest absolute Gasteiger partial charge is 0.305 e. The Hall–Kier alpha value is -7.23. The molecule has 1 saturated carbocycles. The molecular weight excluding hydrogens is 810 g/mol. The van der Waals surface area contributed by atoms with Gasteiger partial charge in [-0.1, -0.05) is 56.2 Å². The van der Waals surface area contributed by atoms with Gasteiger partial charge in [0.15, 0.2) is 0 Å². The number of alkyl halides is 2. The van der Waals surface area contributed by atoms with E-state index in [-0.39, 0.29) is 54.3 Å². The molecule has 0 radical (unpaired) electrons. The molecule has 0 bridgehead atoms. The summed E-state index contributed by atoms with van der Waals surface area (Å²) in [5.74, 6) is -4.45. The monoisotopic (exact) mass is 854 g/mol. The maximum atomic E-state index is 14.6. The Morgan fingerprint density at radius 2 is 1.62 bits per heavy atom. The van der Waals surface area contributed by atoms with E-state index in [4.69, 9.17) is 0 Å². The Morgan fingerprint density at radius 1 is 0.873 bits per heavy atom. The number of halogens is 3. The lowest BCUT2D eigenvalue weighted by Gasteiger charge is -2.27. The predicted molar refractivity (Wildman–Crippen MR) is 232 cm³/mol. The molecule has 9 rings (SSSR count). The molecule has 3 N–H and O–H groups in total. The fraction of sp³-hybridized carbons (Fsp3) is 0.277. The molecule has 16 heteroatoms. The molecule has 2 aliphatic rings. The highest BCUT2D eigenvalue weighted by atomic mass is 19.3. The maximum Gasteiger partial charge on any atom is 0.305 e. The van der Waals surface area contributed by atoms with Crippen LogP contribution in [0.4, 0.5) is 24.7 Å². The van der Waals surface area contributed by atoms with Crippen molar-refractivity contribution >= 4 is 34.1 Å². The Balaban J connectivity index is 0.000000175. The van der Waals surface area contributed by atoms with Gasteiger partial charge in [-0.15, -0.1) is 5.10 Å². The van der Waals surface area contributed by atoms with Crippen LogP contribution in [0.1, 0.15) is 94.3 Å². The summed E-state index contributed by atoms with van der Waals surface area (Å²) in [5.41, 5.74) is 4.79. The summed E-state index contributed by atoms with van der Waals surface area (Å²) in [6.45, 7) is 3.92. The quantitative estimate of drug-likeness (QED) is 0.123. The van der Waals surface area contributed by atoms with Crippen LogP contribution >= 0.6 is 0 Å². The van der Waals surface area contributed by atoms with E-state index in [1.807, 2.05) is 24.3 Å². The van der Waals surface area contributed by atoms with Gasteiger partial charge < -0.3 is 15.5 Å². The van der Waals surface area contributed by atoms with Crippen molar-refractivity contribution in [3.63, 3.8) is 0 Å². The van der Waals surface area contributed by atoms with E-state index in [0.717, 1.165) is 11.3 Å². The summed E-state index contributed by atoms with van der Waals surface area (Å²) in [6, 6.07) is 26.9. The molecule has 5 heterocycles. The van der Waals surface area contributed by atoms with Crippen LogP contribution in [0.25, 0.3) is 10.8 Å². The number of amides is 2. The standard InChI is InChI=1S/C24H26N4O.C23H19F3N6O2/c1-24(12-2-3-13-24)19-6-8-20(9-7-19)28-23(29)21-5-4-14-26-22(21)27-17-18-10-15-25-16-11-18;1-23(25,26)22-27-19-12-31(8-9-32(19)30-22)21(34)16-10-13(6-7-17(16)24)11-18-14-4-2-3-5-15(14)20(33)29-28-18/h4-11,14-16H,2-3,12-13,17H2,1H3,(H,26,27)(H,28,29);2-7,10H,8-9,11-12H2,1H3,(H,29,33). The number of aromatic nitrogens is 7. The van der Waals surface area contributed by atoms with Crippen LogP contribution in [0.15, 0.2) is 114 Å². The number of hydrogen-bond donors (Lipinski definition) is 3. The number of benzene rings is 3. The topological polar surface area (TPSA) is 164 Å². The van der Waals surface area contributed by atoms with Crippen molar-refractivity contribution in [2.75, 3.05) is 17.2 Å². The van der Waals surface area contributed by atoms with Crippen LogP contribution in [-0.2, 0) is 37.4 Å². The SMILES string of the molecule is CC(F)(F)c1nc2n(n1)CCN(C(=O)c1cc(Cc3n[nH]c(=O)c4ccccc34)ccc1F)C2.CC1(c2ccc(NC(=O)c3cccnc3NCc3ccncc3)cc2)CCCC1. The molecule has 0 unspecified atom stereocenters. The third-order valence-electron chi connectivity index (χ3n) is 11.6. The van der Waals surface area contributed by atoms with Crippen molar-refractivity contribution in [1.29, 1.82) is 0 Å². The first-order valence-corrected chi connectivity index (χ1v) is 20.7. The second-order valence-corrected chi connectivity index (χ2v) is 16.1. The number of anilines is 2. The van der Waals surface area contributed by atoms with Gasteiger partial charge in [-0.25, -0.2) is 24.1 Å². The first-order valence-electron chi connectivity index (χ1n) is 20.7. The Labute approximate surface area is 360 Å². The van der Waals surface area contributed by atoms with Crippen LogP contribution in [0.2, 0.25) is 0 Å². The van der Waals surface area contributed by atoms with Crippen LogP contribution in [0.5, 0.6) is 0 Å². The summed E-state index contributed by atoms with van der Waals surface area (Å²) in [7, 11) is 0. The zero-order valence-corrected chi connectivity index (χ0v) is 34.7. The van der Waals surface area contributed by atoms with Gasteiger partial charge >= 0.3 is 5.92 Å². The zero-order chi connectivity index (χ0) is 44.1. The highest BCUT2D eigenvalue weighted by Gasteiger charge is 2.34. The molecular formula is C47H45F3N10O3. The lowest BCUT2D eigenvalue weighted by atomic mass is 9.81. The molecule has 1 aliphatic heterocycles. The average Bonchev–Trinajstić information content (AvgIpc) is 3.95. The van der Waals surface area contributed by atoms with E-state index in [2.05, 4.69) is 59.9 Å². The largest absolute Gasteiger partial charge is 0.365 e. The van der Waals surface area contributed by atoms with Crippen LogP contribution in [-0.4, -0.2) is 58.2 Å². The maximum absolute atomic E-state index is 14.6. The average molecular weight is 855 g/mol. The van der Waals surface area contributed by atoms with Crippen molar-refractivity contribution in [3.8, 4) is 0 Å². The molecule has 7 aromatic rings. The van der Waals surface area contributed by atoms with Crippen molar-refractivity contribution in [2.24, 2.45) is 0 Å². The Kier molecular flexibility index (Phi) is 12.1. The van der Waals surface area contributed by atoms with E-state index < -0.39 is 23.5 Å². The van der Waals surface area contributed by atoms with E-state index in [1.165, 1.54) is 53.0 Å². The fourth-order valence-electron chi connectivity index (χ4n) is 8.03. The van der Waals surface area contributed by atoms with Gasteiger partial charge in [-0.05, 0) is 89.5 Å². The van der Waals surface area contributed by atoms with Crippen molar-refractivity contribution in [2.45, 2.75) is 76.9 Å². The van der Waals surface area contributed by atoms with Gasteiger partial charge in [0, 0.05) is 56.1 Å². The molecule has 1 fully saturated rings. The van der Waals surface area contributed by atoms with Gasteiger partial charge in [0.2, 0.25) is 5.82 Å². The summed E-state index contributed by atoms with van der Waals surface area (Å²) < 4.78 is 43.1. The van der Waals surface area contributed by atoms with Crippen molar-refractivity contribution in [3.05, 3.63) is 171 Å². The van der Waals surface area contributed by atoms with Crippen LogP contribution in [0, 0.1) is 5.82 Å². The van der Waals surface area contributed by atoms with Gasteiger partial charge in [-0.2, -0.15) is 13.9 Å². The molecule has 0 saturated heterocycles. The highest BCUT2D eigenvalue weighted by Crippen LogP contribution is 2.40. The fourth-order valence-corrected chi connectivity index (χ4v) is 8.03. The number of carbonyl (C=O) groups is 2. The Morgan fingerprint density at radius 3 is 2.37 bits per heavy atom. The molecule has 0 spiro atoms. The van der Waals surface area contributed by atoms with Gasteiger partial charge in [-0.3, -0.25) is 19.4 Å². The van der Waals surface area contributed by atoms with Gasteiger partial charge in [0.05, 0.1) is 35.3 Å². The minimum Gasteiger partial charge on any atom is -0.365 e. The number of fused-ring (bicyclic) bond motifs is 2. The van der Waals surface area contributed by atoms with E-state index >= 15 is 0 Å². The number of nitrogens with zero attached hydrogens (tertiary/aromatic N) is 7. The second-order valence-electron chi connectivity index (χ2n) is 16.1. The highest BCUT2D eigenvalue weighted by molar-refractivity contribution is 6.07. The third kappa shape index (κ3) is 9.64. The van der Waals surface area contributed by atoms with Crippen LogP contribution < -0.4 is 16.2 Å². The van der Waals surface area contributed by atoms with Crippen molar-refractivity contribution in [1.82, 2.24) is 39.8 Å².